The molecule has 0 radical (unpaired) electrons. The largest absolute Gasteiger partial charge is 0.418 e. The van der Waals surface area contributed by atoms with E-state index in [9.17, 15) is 0 Å². The average molecular weight is 533 g/mol. The summed E-state index contributed by atoms with van der Waals surface area (Å²) in [5.74, 6) is 0. The predicted molar refractivity (Wildman–Crippen MR) is 161 cm³/mol. The zero-order valence-electron chi connectivity index (χ0n) is 25.2. The maximum Gasteiger partial charge on any atom is 0.184 e. The van der Waals surface area contributed by atoms with Gasteiger partial charge in [-0.1, -0.05) is 84.0 Å². The molecule has 0 aliphatic heterocycles. The topological polar surface area (TPSA) is 27.7 Å². The van der Waals surface area contributed by atoms with E-state index in [1.54, 1.807) is 0 Å². The van der Waals surface area contributed by atoms with Gasteiger partial charge in [-0.2, -0.15) is 0 Å². The Hall–Kier alpha value is 0.531. The lowest BCUT2D eigenvalue weighted by molar-refractivity contribution is 0.0302. The minimum atomic E-state index is -1.59. The molecule has 6 heteroatoms. The zero-order valence-corrected chi connectivity index (χ0v) is 28.2. The Balaban J connectivity index is 4.30. The molecule has 0 aliphatic rings. The molecule has 0 heterocycles. The van der Waals surface area contributed by atoms with Crippen LogP contribution in [-0.4, -0.2) is 43.8 Å². The van der Waals surface area contributed by atoms with Crippen molar-refractivity contribution in [2.45, 2.75) is 174 Å². The molecule has 0 aliphatic carbocycles. The van der Waals surface area contributed by atoms with Crippen molar-refractivity contribution in [3.63, 3.8) is 0 Å². The van der Waals surface area contributed by atoms with Gasteiger partial charge in [-0.25, -0.2) is 0 Å². The third-order valence-electron chi connectivity index (χ3n) is 5.93. The molecule has 0 N–H and O–H groups in total. The lowest BCUT2D eigenvalue weighted by Gasteiger charge is -2.36. The minimum Gasteiger partial charge on any atom is -0.418 e. The first-order chi connectivity index (χ1) is 15.7. The molecule has 0 unspecified atom stereocenters. The van der Waals surface area contributed by atoms with E-state index in [1.165, 1.54) is 96.3 Å². The molecule has 0 saturated heterocycles. The van der Waals surface area contributed by atoms with Crippen LogP contribution in [-0.2, 0) is 13.3 Å². The summed E-state index contributed by atoms with van der Waals surface area (Å²) in [6.07, 6.45) is 20.2. The van der Waals surface area contributed by atoms with Crippen LogP contribution in [0.25, 0.3) is 0 Å². The summed E-state index contributed by atoms with van der Waals surface area (Å²) in [5.41, 5.74) is 0. The van der Waals surface area contributed by atoms with Crippen LogP contribution in [0.3, 0.4) is 0 Å². The van der Waals surface area contributed by atoms with Crippen LogP contribution in [0.2, 0.25) is 58.9 Å². The summed E-state index contributed by atoms with van der Waals surface area (Å²) in [6.45, 7) is 24.1. The molecular formula is C28H64O3Si3. The van der Waals surface area contributed by atoms with Gasteiger partial charge in [0.25, 0.3) is 0 Å². The first-order valence-electron chi connectivity index (χ1n) is 14.7. The van der Waals surface area contributed by atoms with Crippen molar-refractivity contribution >= 4 is 25.0 Å². The quantitative estimate of drug-likeness (QED) is 0.0967. The van der Waals surface area contributed by atoms with Crippen molar-refractivity contribution < 1.29 is 13.3 Å². The van der Waals surface area contributed by atoms with Gasteiger partial charge in [-0.05, 0) is 78.2 Å². The Labute approximate surface area is 218 Å². The Kier molecular flexibility index (Phi) is 19.0. The molecule has 0 bridgehead atoms. The first-order valence-corrected chi connectivity index (χ1v) is 25.0. The number of unbranched alkanes of at least 4 members (excludes halogenated alkanes) is 11. The number of hydrogen-bond donors (Lipinski definition) is 0. The molecule has 0 spiro atoms. The number of hydrogen-bond acceptors (Lipinski definition) is 3. The zero-order chi connectivity index (χ0) is 26.1. The summed E-state index contributed by atoms with van der Waals surface area (Å²) >= 11 is 0. The van der Waals surface area contributed by atoms with Crippen LogP contribution in [0.1, 0.15) is 103 Å². The Morgan fingerprint density at radius 2 is 0.794 bits per heavy atom. The van der Waals surface area contributed by atoms with Crippen LogP contribution in [0.4, 0.5) is 0 Å². The van der Waals surface area contributed by atoms with Gasteiger partial charge >= 0.3 is 0 Å². The van der Waals surface area contributed by atoms with Crippen molar-refractivity contribution in [3.05, 3.63) is 0 Å². The fourth-order valence-electron chi connectivity index (χ4n) is 4.39. The van der Waals surface area contributed by atoms with Gasteiger partial charge in [0, 0.05) is 6.61 Å². The van der Waals surface area contributed by atoms with Crippen molar-refractivity contribution in [1.29, 1.82) is 0 Å². The maximum atomic E-state index is 6.74. The van der Waals surface area contributed by atoms with Gasteiger partial charge in [-0.3, -0.25) is 0 Å². The second kappa shape index (κ2) is 18.7. The standard InChI is InChI=1S/C28H64O3Si3/c1-11-12-13-21-24-27(30-33(5,6)7)28(31-34(8,9)10)25-22-19-17-15-14-16-18-20-23-26-29-32(2,3)4/h27-28H,11-26H2,1-10H3/t27-,28-/m0/s1. The molecule has 0 rings (SSSR count). The number of rotatable bonds is 23. The van der Waals surface area contributed by atoms with Crippen LogP contribution < -0.4 is 0 Å². The van der Waals surface area contributed by atoms with E-state index in [0.29, 0.717) is 12.2 Å². The van der Waals surface area contributed by atoms with E-state index in [-0.39, 0.29) is 0 Å². The fraction of sp³-hybridized carbons (Fsp3) is 1.00. The summed E-state index contributed by atoms with van der Waals surface area (Å²) in [7, 11) is -4.50. The van der Waals surface area contributed by atoms with Crippen LogP contribution in [0, 0.1) is 0 Å². The average Bonchev–Trinajstić information content (AvgIpc) is 2.67. The summed E-state index contributed by atoms with van der Waals surface area (Å²) < 4.78 is 19.4. The van der Waals surface area contributed by atoms with Gasteiger partial charge in [-0.15, -0.1) is 0 Å². The van der Waals surface area contributed by atoms with Crippen LogP contribution in [0.15, 0.2) is 0 Å². The van der Waals surface area contributed by atoms with E-state index >= 15 is 0 Å². The lowest BCUT2D eigenvalue weighted by Crippen LogP contribution is -2.44. The van der Waals surface area contributed by atoms with Gasteiger partial charge in [0.15, 0.2) is 25.0 Å². The minimum absolute atomic E-state index is 0.290. The summed E-state index contributed by atoms with van der Waals surface area (Å²) in [4.78, 5) is 0. The van der Waals surface area contributed by atoms with E-state index < -0.39 is 25.0 Å². The highest BCUT2D eigenvalue weighted by atomic mass is 28.4. The fourth-order valence-corrected chi connectivity index (χ4v) is 7.50. The van der Waals surface area contributed by atoms with Crippen LogP contribution in [0.5, 0.6) is 0 Å². The SMILES string of the molecule is CCCCCC[C@H](O[Si](C)(C)C)[C@H](CCCCCCCCCCCO[Si](C)(C)C)O[Si](C)(C)C. The smallest absolute Gasteiger partial charge is 0.184 e. The Morgan fingerprint density at radius 3 is 1.15 bits per heavy atom. The molecular weight excluding hydrogens is 469 g/mol. The third-order valence-corrected chi connectivity index (χ3v) is 9.02. The van der Waals surface area contributed by atoms with E-state index in [4.69, 9.17) is 13.3 Å². The Bertz CT molecular complexity index is 467. The maximum absolute atomic E-state index is 6.74. The highest BCUT2D eigenvalue weighted by molar-refractivity contribution is 6.70. The predicted octanol–water partition coefficient (Wildman–Crippen LogP) is 10.1. The second-order valence-corrected chi connectivity index (χ2v) is 26.8. The van der Waals surface area contributed by atoms with Gasteiger partial charge in [0.1, 0.15) is 0 Å². The second-order valence-electron chi connectivity index (χ2n) is 13.3. The molecule has 0 fully saturated rings. The third kappa shape index (κ3) is 24.2. The molecule has 0 saturated carbocycles. The summed E-state index contributed by atoms with van der Waals surface area (Å²) in [5, 5.41) is 0. The molecule has 0 aromatic heterocycles. The molecule has 3 nitrogen and oxygen atoms in total. The molecule has 34 heavy (non-hydrogen) atoms. The first kappa shape index (κ1) is 34.5. The van der Waals surface area contributed by atoms with Crippen LogP contribution >= 0.6 is 0 Å². The lowest BCUT2D eigenvalue weighted by atomic mass is 10.00. The highest BCUT2D eigenvalue weighted by Gasteiger charge is 2.31. The van der Waals surface area contributed by atoms with Crippen molar-refractivity contribution in [2.24, 2.45) is 0 Å². The van der Waals surface area contributed by atoms with Gasteiger partial charge in [0.2, 0.25) is 0 Å². The molecule has 2 atom stereocenters. The molecule has 0 aromatic rings. The monoisotopic (exact) mass is 532 g/mol. The molecule has 0 amide bonds. The van der Waals surface area contributed by atoms with E-state index in [2.05, 4.69) is 65.8 Å². The highest BCUT2D eigenvalue weighted by Crippen LogP contribution is 2.25. The normalized spacial score (nSPS) is 15.0. The van der Waals surface area contributed by atoms with Crippen molar-refractivity contribution in [1.82, 2.24) is 0 Å². The van der Waals surface area contributed by atoms with Gasteiger partial charge < -0.3 is 13.3 Å². The van der Waals surface area contributed by atoms with E-state index in [0.717, 1.165) is 6.61 Å². The molecule has 206 valence electrons. The Morgan fingerprint density at radius 1 is 0.441 bits per heavy atom. The van der Waals surface area contributed by atoms with Gasteiger partial charge in [0.05, 0.1) is 12.2 Å². The summed E-state index contributed by atoms with van der Waals surface area (Å²) in [6, 6.07) is 0. The van der Waals surface area contributed by atoms with Crippen molar-refractivity contribution in [3.8, 4) is 0 Å². The van der Waals surface area contributed by atoms with E-state index in [1.807, 2.05) is 0 Å². The molecule has 0 aromatic carbocycles. The van der Waals surface area contributed by atoms with Crippen molar-refractivity contribution in [2.75, 3.05) is 6.61 Å².